The predicted octanol–water partition coefficient (Wildman–Crippen LogP) is 5.53. The van der Waals surface area contributed by atoms with Gasteiger partial charge in [-0.2, -0.15) is 16.4 Å². The second-order valence-corrected chi connectivity index (χ2v) is 10.1. The molecule has 1 fully saturated rings. The van der Waals surface area contributed by atoms with Crippen LogP contribution in [0.1, 0.15) is 12.0 Å². The first kappa shape index (κ1) is 22.1. The molecule has 8 nitrogen and oxygen atoms in total. The van der Waals surface area contributed by atoms with E-state index in [0.717, 1.165) is 44.2 Å². The number of H-pyrrole nitrogens is 2. The molecule has 1 aliphatic heterocycles. The van der Waals surface area contributed by atoms with Crippen LogP contribution in [0.5, 0.6) is 0 Å². The van der Waals surface area contributed by atoms with Gasteiger partial charge in [0, 0.05) is 61.0 Å². The summed E-state index contributed by atoms with van der Waals surface area (Å²) >= 11 is 1.63. The number of nitrogens with zero attached hydrogens (tertiary/aromatic N) is 6. The average molecular weight is 515 g/mol. The van der Waals surface area contributed by atoms with Crippen molar-refractivity contribution in [2.45, 2.75) is 18.9 Å². The van der Waals surface area contributed by atoms with Gasteiger partial charge in [-0.3, -0.25) is 20.0 Å². The molecule has 0 atom stereocenters. The van der Waals surface area contributed by atoms with Crippen molar-refractivity contribution in [2.75, 3.05) is 13.1 Å². The van der Waals surface area contributed by atoms with Crippen molar-refractivity contribution in [1.82, 2.24) is 40.0 Å². The van der Waals surface area contributed by atoms with E-state index in [9.17, 15) is 8.78 Å². The summed E-state index contributed by atoms with van der Waals surface area (Å²) in [5.41, 5.74) is 7.57. The molecule has 37 heavy (non-hydrogen) atoms. The highest BCUT2D eigenvalue weighted by Gasteiger charge is 2.37. The average Bonchev–Trinajstić information content (AvgIpc) is 3.69. The van der Waals surface area contributed by atoms with Gasteiger partial charge in [0.15, 0.2) is 11.5 Å². The van der Waals surface area contributed by atoms with Crippen molar-refractivity contribution in [1.29, 1.82) is 0 Å². The third kappa shape index (κ3) is 4.05. The maximum absolute atomic E-state index is 13.6. The zero-order valence-corrected chi connectivity index (χ0v) is 20.3. The van der Waals surface area contributed by atoms with Crippen LogP contribution in [0.15, 0.2) is 59.9 Å². The summed E-state index contributed by atoms with van der Waals surface area (Å²) in [7, 11) is 0. The van der Waals surface area contributed by atoms with E-state index in [1.54, 1.807) is 41.0 Å². The molecule has 0 spiro atoms. The highest BCUT2D eigenvalue weighted by molar-refractivity contribution is 7.08. The molecule has 0 aliphatic carbocycles. The Morgan fingerprint density at radius 2 is 1.92 bits per heavy atom. The van der Waals surface area contributed by atoms with E-state index in [4.69, 9.17) is 4.98 Å². The predicted molar refractivity (Wildman–Crippen MR) is 138 cm³/mol. The Morgan fingerprint density at radius 1 is 1.03 bits per heavy atom. The lowest BCUT2D eigenvalue weighted by atomic mass is 10.1. The SMILES string of the molecule is FC1(F)CCN(Cc2cncc(-c3cnc4[nH]nc(-c5nc6c(-c7ccsc7)cncc6[nH]5)c4c3)c2)C1. The van der Waals surface area contributed by atoms with Crippen molar-refractivity contribution in [2.24, 2.45) is 0 Å². The van der Waals surface area contributed by atoms with Gasteiger partial charge >= 0.3 is 0 Å². The van der Waals surface area contributed by atoms with Crippen molar-refractivity contribution in [3.63, 3.8) is 0 Å². The van der Waals surface area contributed by atoms with Gasteiger partial charge in [-0.1, -0.05) is 0 Å². The first-order chi connectivity index (χ1) is 18.0. The largest absolute Gasteiger partial charge is 0.335 e. The number of thiophene rings is 1. The molecule has 0 aromatic carbocycles. The molecule has 0 radical (unpaired) electrons. The molecule has 11 heteroatoms. The van der Waals surface area contributed by atoms with Gasteiger partial charge in [-0.05, 0) is 40.1 Å². The first-order valence-electron chi connectivity index (χ1n) is 11.8. The van der Waals surface area contributed by atoms with E-state index in [0.29, 0.717) is 30.3 Å². The number of alkyl halides is 2. The standard InChI is InChI=1S/C26H20F2N8S/c27-26(28)2-3-36(14-26)12-15-5-17(8-29-7-15)18-6-19-23(34-35-24(19)31-9-18)25-32-21-11-30-10-20(22(21)33-25)16-1-4-37-13-16/h1,4-11,13H,2-3,12,14H2,(H,32,33)(H,31,34,35). The maximum Gasteiger partial charge on any atom is 0.261 e. The minimum Gasteiger partial charge on any atom is -0.335 e. The summed E-state index contributed by atoms with van der Waals surface area (Å²) in [6.45, 7) is 0.594. The maximum atomic E-state index is 13.6. The number of nitrogens with one attached hydrogen (secondary N) is 2. The molecule has 7 heterocycles. The van der Waals surface area contributed by atoms with E-state index in [2.05, 4.69) is 35.5 Å². The third-order valence-corrected chi connectivity index (χ3v) is 7.33. The summed E-state index contributed by atoms with van der Waals surface area (Å²) in [5.74, 6) is -2.00. The summed E-state index contributed by atoms with van der Waals surface area (Å²) in [4.78, 5) is 23.3. The fourth-order valence-electron chi connectivity index (χ4n) is 4.85. The Kier molecular flexibility index (Phi) is 5.08. The molecule has 6 aromatic heterocycles. The van der Waals surface area contributed by atoms with Crippen LogP contribution in [0.3, 0.4) is 0 Å². The molecule has 0 unspecified atom stereocenters. The smallest absolute Gasteiger partial charge is 0.261 e. The molecule has 1 aliphatic rings. The zero-order chi connectivity index (χ0) is 25.0. The lowest BCUT2D eigenvalue weighted by Gasteiger charge is -2.15. The van der Waals surface area contributed by atoms with Gasteiger partial charge < -0.3 is 4.98 Å². The summed E-state index contributed by atoms with van der Waals surface area (Å²) in [6.07, 6.45) is 8.71. The quantitative estimate of drug-likeness (QED) is 0.314. The minimum absolute atomic E-state index is 0.101. The van der Waals surface area contributed by atoms with Gasteiger partial charge in [0.2, 0.25) is 0 Å². The third-order valence-electron chi connectivity index (χ3n) is 6.65. The number of likely N-dealkylation sites (tertiary alicyclic amines) is 1. The van der Waals surface area contributed by atoms with Crippen molar-refractivity contribution >= 4 is 33.4 Å². The molecule has 6 aromatic rings. The highest BCUT2D eigenvalue weighted by atomic mass is 32.1. The number of rotatable bonds is 5. The summed E-state index contributed by atoms with van der Waals surface area (Å²) in [6, 6.07) is 6.02. The van der Waals surface area contributed by atoms with Gasteiger partial charge in [-0.25, -0.2) is 18.7 Å². The second-order valence-electron chi connectivity index (χ2n) is 9.27. The molecule has 0 bridgehead atoms. The van der Waals surface area contributed by atoms with Crippen LogP contribution in [0.2, 0.25) is 0 Å². The Bertz CT molecular complexity index is 1740. The van der Waals surface area contributed by atoms with Crippen LogP contribution in [0.25, 0.3) is 55.8 Å². The number of fused-ring (bicyclic) bond motifs is 2. The van der Waals surface area contributed by atoms with Crippen molar-refractivity contribution in [3.8, 4) is 33.8 Å². The molecule has 1 saturated heterocycles. The van der Waals surface area contributed by atoms with E-state index in [1.165, 1.54) is 0 Å². The molecular weight excluding hydrogens is 494 g/mol. The van der Waals surface area contributed by atoms with Gasteiger partial charge in [0.1, 0.15) is 11.2 Å². The lowest BCUT2D eigenvalue weighted by Crippen LogP contribution is -2.24. The molecule has 0 saturated carbocycles. The molecule has 7 rings (SSSR count). The highest BCUT2D eigenvalue weighted by Crippen LogP contribution is 2.33. The van der Waals surface area contributed by atoms with Crippen LogP contribution < -0.4 is 0 Å². The fraction of sp³-hybridized carbons (Fsp3) is 0.192. The lowest BCUT2D eigenvalue weighted by molar-refractivity contribution is 0.0115. The van der Waals surface area contributed by atoms with Crippen LogP contribution in [0.4, 0.5) is 8.78 Å². The van der Waals surface area contributed by atoms with Gasteiger partial charge in [0.25, 0.3) is 5.92 Å². The monoisotopic (exact) mass is 514 g/mol. The Balaban J connectivity index is 1.24. The van der Waals surface area contributed by atoms with Crippen molar-refractivity contribution < 1.29 is 8.78 Å². The first-order valence-corrected chi connectivity index (χ1v) is 12.7. The zero-order valence-electron chi connectivity index (χ0n) is 19.4. The van der Waals surface area contributed by atoms with Crippen LogP contribution in [0, 0.1) is 0 Å². The number of imidazole rings is 1. The summed E-state index contributed by atoms with van der Waals surface area (Å²) in [5, 5.41) is 12.4. The van der Waals surface area contributed by atoms with Crippen LogP contribution >= 0.6 is 11.3 Å². The van der Waals surface area contributed by atoms with E-state index < -0.39 is 5.92 Å². The van der Waals surface area contributed by atoms with Crippen LogP contribution in [-0.4, -0.2) is 59.0 Å². The Morgan fingerprint density at radius 3 is 2.76 bits per heavy atom. The normalized spacial score (nSPS) is 15.7. The van der Waals surface area contributed by atoms with E-state index in [1.807, 2.05) is 29.8 Å². The van der Waals surface area contributed by atoms with E-state index >= 15 is 0 Å². The van der Waals surface area contributed by atoms with E-state index in [-0.39, 0.29) is 13.0 Å². The Labute approximate surface area is 213 Å². The molecular formula is C26H20F2N8S. The number of aromatic amines is 2. The number of pyridine rings is 3. The van der Waals surface area contributed by atoms with Crippen molar-refractivity contribution in [3.05, 3.63) is 65.5 Å². The topological polar surface area (TPSA) is 99.3 Å². The van der Waals surface area contributed by atoms with Gasteiger partial charge in [-0.15, -0.1) is 0 Å². The second kappa shape index (κ2) is 8.49. The number of aromatic nitrogens is 7. The molecule has 2 N–H and O–H groups in total. The number of hydrogen-bond donors (Lipinski definition) is 2. The van der Waals surface area contributed by atoms with Gasteiger partial charge in [0.05, 0.1) is 23.6 Å². The number of hydrogen-bond acceptors (Lipinski definition) is 7. The number of halogens is 2. The van der Waals surface area contributed by atoms with Crippen LogP contribution in [-0.2, 0) is 6.54 Å². The molecule has 184 valence electrons. The fourth-order valence-corrected chi connectivity index (χ4v) is 5.50. The summed E-state index contributed by atoms with van der Waals surface area (Å²) < 4.78 is 27.2. The Hall–Kier alpha value is -4.09. The molecule has 0 amide bonds. The minimum atomic E-state index is -2.62.